The molecule has 1 aliphatic carbocycles. The molecule has 1 heterocycles. The van der Waals surface area contributed by atoms with Crippen LogP contribution >= 0.6 is 15.9 Å². The zero-order valence-corrected chi connectivity index (χ0v) is 13.9. The molecule has 2 nitrogen and oxygen atoms in total. The van der Waals surface area contributed by atoms with E-state index >= 15 is 0 Å². The quantitative estimate of drug-likeness (QED) is 0.832. The van der Waals surface area contributed by atoms with Crippen LogP contribution in [0.2, 0.25) is 0 Å². The molecule has 1 saturated heterocycles. The van der Waals surface area contributed by atoms with Crippen LogP contribution in [0, 0.1) is 11.7 Å². The maximum Gasteiger partial charge on any atom is 0.129 e. The van der Waals surface area contributed by atoms with Crippen molar-refractivity contribution in [3.05, 3.63) is 34.1 Å². The summed E-state index contributed by atoms with van der Waals surface area (Å²) in [4.78, 5) is 0. The molecule has 1 aromatic carbocycles. The van der Waals surface area contributed by atoms with Crippen LogP contribution in [0.1, 0.15) is 56.6 Å². The minimum Gasteiger partial charge on any atom is -0.375 e. The van der Waals surface area contributed by atoms with Crippen molar-refractivity contribution in [2.24, 2.45) is 11.7 Å². The molecule has 1 aliphatic heterocycles. The van der Waals surface area contributed by atoms with Crippen molar-refractivity contribution in [1.29, 1.82) is 0 Å². The minimum absolute atomic E-state index is 0.0104. The summed E-state index contributed by atoms with van der Waals surface area (Å²) in [7, 11) is 0. The van der Waals surface area contributed by atoms with Crippen molar-refractivity contribution in [3.8, 4) is 0 Å². The van der Waals surface area contributed by atoms with Crippen molar-refractivity contribution in [1.82, 2.24) is 0 Å². The number of halogens is 2. The highest BCUT2D eigenvalue weighted by Gasteiger charge is 2.41. The second-order valence-electron chi connectivity index (χ2n) is 6.51. The van der Waals surface area contributed by atoms with E-state index in [2.05, 4.69) is 15.9 Å². The molecule has 0 radical (unpaired) electrons. The molecule has 0 bridgehead atoms. The van der Waals surface area contributed by atoms with Gasteiger partial charge in [0.1, 0.15) is 5.82 Å². The Balaban J connectivity index is 1.79. The maximum absolute atomic E-state index is 14.1. The van der Waals surface area contributed by atoms with Crippen LogP contribution in [-0.4, -0.2) is 12.2 Å². The van der Waals surface area contributed by atoms with Crippen LogP contribution in [0.25, 0.3) is 0 Å². The smallest absolute Gasteiger partial charge is 0.129 e. The lowest BCUT2D eigenvalue weighted by molar-refractivity contribution is -0.120. The van der Waals surface area contributed by atoms with Gasteiger partial charge in [-0.1, -0.05) is 41.3 Å². The van der Waals surface area contributed by atoms with E-state index < -0.39 is 0 Å². The topological polar surface area (TPSA) is 35.2 Å². The van der Waals surface area contributed by atoms with Gasteiger partial charge in [0.05, 0.1) is 5.60 Å². The molecule has 4 heteroatoms. The van der Waals surface area contributed by atoms with Gasteiger partial charge >= 0.3 is 0 Å². The first-order valence-electron chi connectivity index (χ1n) is 7.95. The number of nitrogens with two attached hydrogens (primary N) is 1. The predicted molar refractivity (Wildman–Crippen MR) is 85.5 cm³/mol. The van der Waals surface area contributed by atoms with Gasteiger partial charge in [0.15, 0.2) is 0 Å². The minimum atomic E-state index is -0.261. The van der Waals surface area contributed by atoms with Gasteiger partial charge in [-0.25, -0.2) is 4.39 Å². The van der Waals surface area contributed by atoms with Crippen molar-refractivity contribution in [2.45, 2.75) is 56.6 Å². The lowest BCUT2D eigenvalue weighted by atomic mass is 9.73. The Morgan fingerprint density at radius 1 is 1.29 bits per heavy atom. The van der Waals surface area contributed by atoms with E-state index in [1.54, 1.807) is 6.07 Å². The average Bonchev–Trinajstić information content (AvgIpc) is 2.48. The zero-order chi connectivity index (χ0) is 14.9. The summed E-state index contributed by atoms with van der Waals surface area (Å²) in [5.74, 6) is 0.0890. The highest BCUT2D eigenvalue weighted by Crippen LogP contribution is 2.44. The van der Waals surface area contributed by atoms with E-state index in [1.807, 2.05) is 6.07 Å². The van der Waals surface area contributed by atoms with Gasteiger partial charge < -0.3 is 10.5 Å². The molecule has 2 fully saturated rings. The van der Waals surface area contributed by atoms with E-state index in [9.17, 15) is 4.39 Å². The fraction of sp³-hybridized carbons (Fsp3) is 0.647. The Morgan fingerprint density at radius 3 is 2.76 bits per heavy atom. The van der Waals surface area contributed by atoms with Gasteiger partial charge in [0.2, 0.25) is 0 Å². The van der Waals surface area contributed by atoms with Crippen LogP contribution in [0.4, 0.5) is 4.39 Å². The van der Waals surface area contributed by atoms with Crippen LogP contribution in [0.3, 0.4) is 0 Å². The monoisotopic (exact) mass is 355 g/mol. The lowest BCUT2D eigenvalue weighted by Gasteiger charge is -2.45. The van der Waals surface area contributed by atoms with E-state index in [1.165, 1.54) is 25.3 Å². The molecule has 3 rings (SSSR count). The molecule has 1 spiro atoms. The highest BCUT2D eigenvalue weighted by atomic mass is 79.9. The molecule has 2 atom stereocenters. The summed E-state index contributed by atoms with van der Waals surface area (Å²) in [5, 5.41) is 0. The average molecular weight is 356 g/mol. The molecule has 1 saturated carbocycles. The summed E-state index contributed by atoms with van der Waals surface area (Å²) in [5.41, 5.74) is 7.07. The molecule has 2 N–H and O–H groups in total. The van der Waals surface area contributed by atoms with Crippen LogP contribution in [0.5, 0.6) is 0 Å². The normalized spacial score (nSPS) is 26.7. The predicted octanol–water partition coefficient (Wildman–Crippen LogP) is 4.72. The molecule has 116 valence electrons. The Morgan fingerprint density at radius 2 is 2.05 bits per heavy atom. The maximum atomic E-state index is 14.1. The third-order valence-electron chi connectivity index (χ3n) is 5.14. The molecular formula is C17H23BrFNO. The number of rotatable bonds is 2. The van der Waals surface area contributed by atoms with Crippen molar-refractivity contribution >= 4 is 15.9 Å². The standard InChI is InChI=1S/C17H23BrFNO/c18-13-5-4-6-14(19)15(13)16(20)12-7-10-21-17(11-12)8-2-1-3-9-17/h4-6,12,16H,1-3,7-11,20H2. The van der Waals surface area contributed by atoms with E-state index in [4.69, 9.17) is 10.5 Å². The summed E-state index contributed by atoms with van der Waals surface area (Å²) in [6.07, 6.45) is 7.94. The molecule has 1 aromatic rings. The van der Waals surface area contributed by atoms with Gasteiger partial charge in [-0.3, -0.25) is 0 Å². The molecule has 2 unspecified atom stereocenters. The van der Waals surface area contributed by atoms with Crippen molar-refractivity contribution in [3.63, 3.8) is 0 Å². The number of ether oxygens (including phenoxy) is 1. The number of benzene rings is 1. The van der Waals surface area contributed by atoms with Gasteiger partial charge in [0.25, 0.3) is 0 Å². The Labute approximate surface area is 134 Å². The summed E-state index contributed by atoms with van der Waals surface area (Å²) < 4.78 is 21.0. The van der Waals surface area contributed by atoms with Crippen LogP contribution in [0.15, 0.2) is 22.7 Å². The van der Waals surface area contributed by atoms with E-state index in [0.29, 0.717) is 11.5 Å². The molecule has 0 amide bonds. The van der Waals surface area contributed by atoms with Crippen LogP contribution < -0.4 is 5.73 Å². The number of hydrogen-bond acceptors (Lipinski definition) is 2. The van der Waals surface area contributed by atoms with Gasteiger partial charge in [0, 0.05) is 22.7 Å². The zero-order valence-electron chi connectivity index (χ0n) is 12.3. The SMILES string of the molecule is NC(c1c(F)cccc1Br)C1CCOC2(CCCCC2)C1. The molecule has 2 aliphatic rings. The first-order chi connectivity index (χ1) is 10.1. The fourth-order valence-electron chi connectivity index (χ4n) is 3.98. The van der Waals surface area contributed by atoms with Gasteiger partial charge in [-0.2, -0.15) is 0 Å². The van der Waals surface area contributed by atoms with E-state index in [0.717, 1.165) is 36.8 Å². The third-order valence-corrected chi connectivity index (χ3v) is 5.83. The number of hydrogen-bond donors (Lipinski definition) is 1. The lowest BCUT2D eigenvalue weighted by Crippen LogP contribution is -2.44. The van der Waals surface area contributed by atoms with E-state index in [-0.39, 0.29) is 17.5 Å². The van der Waals surface area contributed by atoms with Crippen molar-refractivity contribution < 1.29 is 9.13 Å². The largest absolute Gasteiger partial charge is 0.375 e. The van der Waals surface area contributed by atoms with Crippen molar-refractivity contribution in [2.75, 3.05) is 6.61 Å². The summed E-state index contributed by atoms with van der Waals surface area (Å²) in [6.45, 7) is 0.754. The first-order valence-corrected chi connectivity index (χ1v) is 8.74. The Kier molecular flexibility index (Phi) is 4.67. The first kappa shape index (κ1) is 15.4. The van der Waals surface area contributed by atoms with Gasteiger partial charge in [-0.15, -0.1) is 0 Å². The summed E-state index contributed by atoms with van der Waals surface area (Å²) >= 11 is 3.45. The molecule has 21 heavy (non-hydrogen) atoms. The molecular weight excluding hydrogens is 333 g/mol. The second kappa shape index (κ2) is 6.35. The third kappa shape index (κ3) is 3.17. The fourth-order valence-corrected chi connectivity index (χ4v) is 4.59. The molecule has 0 aromatic heterocycles. The Bertz CT molecular complexity index is 476. The second-order valence-corrected chi connectivity index (χ2v) is 7.36. The highest BCUT2D eigenvalue weighted by molar-refractivity contribution is 9.10. The van der Waals surface area contributed by atoms with Crippen LogP contribution in [-0.2, 0) is 4.74 Å². The van der Waals surface area contributed by atoms with Gasteiger partial charge in [-0.05, 0) is 43.7 Å². The Hall–Kier alpha value is -0.450. The summed E-state index contributed by atoms with van der Waals surface area (Å²) in [6, 6.07) is 4.81.